The van der Waals surface area contributed by atoms with E-state index in [1.165, 1.54) is 12.1 Å². The molecule has 0 amide bonds. The van der Waals surface area contributed by atoms with E-state index in [1.54, 1.807) is 11.8 Å². The van der Waals surface area contributed by atoms with Crippen molar-refractivity contribution in [2.75, 3.05) is 31.0 Å². The van der Waals surface area contributed by atoms with E-state index < -0.39 is 44.3 Å². The minimum absolute atomic E-state index is 0.0223. The topological polar surface area (TPSA) is 125 Å². The first-order valence-corrected chi connectivity index (χ1v) is 11.4. The highest BCUT2D eigenvalue weighted by Crippen LogP contribution is 2.39. The SMILES string of the molecule is CON(C)S(=O)(=O)c1c(Cl)ccc(NC2C(=O)C(=O)C2NC2CCSC2)c1O. The van der Waals surface area contributed by atoms with Gasteiger partial charge < -0.3 is 15.7 Å². The molecular formula is C16H20ClN3O6S2. The summed E-state index contributed by atoms with van der Waals surface area (Å²) < 4.78 is 25.6. The Kier molecular flexibility index (Phi) is 6.23. The number of halogens is 1. The third kappa shape index (κ3) is 3.74. The van der Waals surface area contributed by atoms with Crippen LogP contribution in [0, 0.1) is 0 Å². The van der Waals surface area contributed by atoms with Crippen LogP contribution in [0.5, 0.6) is 5.75 Å². The van der Waals surface area contributed by atoms with Gasteiger partial charge >= 0.3 is 0 Å². The number of ketones is 2. The highest BCUT2D eigenvalue weighted by molar-refractivity contribution is 7.99. The Morgan fingerprint density at radius 3 is 2.57 bits per heavy atom. The van der Waals surface area contributed by atoms with E-state index in [1.807, 2.05) is 0 Å². The van der Waals surface area contributed by atoms with Crippen LogP contribution in [0.1, 0.15) is 6.42 Å². The lowest BCUT2D eigenvalue weighted by Gasteiger charge is -2.36. The normalized spacial score (nSPS) is 25.2. The summed E-state index contributed by atoms with van der Waals surface area (Å²) in [6, 6.07) is 1.12. The van der Waals surface area contributed by atoms with E-state index in [4.69, 9.17) is 16.4 Å². The van der Waals surface area contributed by atoms with Crippen LogP contribution in [0.2, 0.25) is 5.02 Å². The number of phenols is 1. The second-order valence-corrected chi connectivity index (χ2v) is 9.85. The number of anilines is 1. The first-order valence-electron chi connectivity index (χ1n) is 8.41. The lowest BCUT2D eigenvalue weighted by Crippen LogP contribution is -2.68. The van der Waals surface area contributed by atoms with Gasteiger partial charge in [-0.05, 0) is 24.3 Å². The predicted molar refractivity (Wildman–Crippen MR) is 105 cm³/mol. The van der Waals surface area contributed by atoms with Crippen molar-refractivity contribution in [1.29, 1.82) is 0 Å². The third-order valence-electron chi connectivity index (χ3n) is 4.73. The average molecular weight is 450 g/mol. The van der Waals surface area contributed by atoms with Gasteiger partial charge in [0.25, 0.3) is 10.0 Å². The number of sulfonamides is 1. The van der Waals surface area contributed by atoms with Gasteiger partial charge in [-0.3, -0.25) is 14.4 Å². The van der Waals surface area contributed by atoms with Crippen molar-refractivity contribution in [3.05, 3.63) is 17.2 Å². The van der Waals surface area contributed by atoms with Crippen molar-refractivity contribution in [3.8, 4) is 5.75 Å². The van der Waals surface area contributed by atoms with E-state index in [-0.39, 0.29) is 16.8 Å². The van der Waals surface area contributed by atoms with Gasteiger partial charge in [-0.1, -0.05) is 16.1 Å². The lowest BCUT2D eigenvalue weighted by atomic mass is 9.82. The molecule has 1 aliphatic heterocycles. The molecule has 154 valence electrons. The van der Waals surface area contributed by atoms with Crippen LogP contribution in [0.3, 0.4) is 0 Å². The van der Waals surface area contributed by atoms with Crippen molar-refractivity contribution in [1.82, 2.24) is 9.79 Å². The standard InChI is InChI=1S/C16H20ClN3O6S2/c1-20(26-2)28(24,25)16-9(17)3-4-10(13(16)21)19-12-11(14(22)15(12)23)18-8-5-6-27-7-8/h3-4,8,11-12,18-19,21H,5-7H2,1-2H3. The largest absolute Gasteiger partial charge is 0.504 e. The number of hydroxylamine groups is 1. The molecule has 1 saturated carbocycles. The molecule has 2 fully saturated rings. The summed E-state index contributed by atoms with van der Waals surface area (Å²) in [5.74, 6) is 0.0175. The third-order valence-corrected chi connectivity index (χ3v) is 8.08. The molecule has 1 saturated heterocycles. The first-order chi connectivity index (χ1) is 13.2. The van der Waals surface area contributed by atoms with Crippen LogP contribution in [0.15, 0.2) is 17.0 Å². The van der Waals surface area contributed by atoms with Gasteiger partial charge in [0.15, 0.2) is 5.75 Å². The predicted octanol–water partition coefficient (Wildman–Crippen LogP) is 0.623. The second-order valence-electron chi connectivity index (χ2n) is 6.43. The van der Waals surface area contributed by atoms with Crippen molar-refractivity contribution in [2.45, 2.75) is 29.4 Å². The monoisotopic (exact) mass is 449 g/mol. The average Bonchev–Trinajstić information content (AvgIpc) is 3.18. The number of aromatic hydroxyl groups is 1. The summed E-state index contributed by atoms with van der Waals surface area (Å²) in [6.45, 7) is 0. The maximum absolute atomic E-state index is 12.5. The van der Waals surface area contributed by atoms with Gasteiger partial charge in [-0.2, -0.15) is 11.8 Å². The molecule has 9 nitrogen and oxygen atoms in total. The Balaban J connectivity index is 1.87. The molecule has 1 aromatic rings. The Hall–Kier alpha value is -1.37. The van der Waals surface area contributed by atoms with Crippen LogP contribution in [-0.4, -0.2) is 73.3 Å². The number of rotatable bonds is 7. The van der Waals surface area contributed by atoms with E-state index in [0.717, 1.165) is 32.1 Å². The summed E-state index contributed by atoms with van der Waals surface area (Å²) in [7, 11) is -1.93. The maximum atomic E-state index is 12.5. The number of carbonyl (C=O) groups excluding carboxylic acids is 2. The molecule has 2 aliphatic rings. The molecule has 0 spiro atoms. The molecular weight excluding hydrogens is 430 g/mol. The second kappa shape index (κ2) is 8.17. The van der Waals surface area contributed by atoms with Crippen LogP contribution in [0.25, 0.3) is 0 Å². The van der Waals surface area contributed by atoms with Crippen molar-refractivity contribution >= 4 is 50.6 Å². The molecule has 3 rings (SSSR count). The number of nitrogens with zero attached hydrogens (tertiary/aromatic N) is 1. The first kappa shape index (κ1) is 21.3. The van der Waals surface area contributed by atoms with Crippen LogP contribution < -0.4 is 10.6 Å². The van der Waals surface area contributed by atoms with Gasteiger partial charge in [-0.25, -0.2) is 8.42 Å². The fourth-order valence-corrected chi connectivity index (χ4v) is 5.79. The zero-order valence-electron chi connectivity index (χ0n) is 15.1. The molecule has 12 heteroatoms. The molecule has 3 unspecified atom stereocenters. The highest BCUT2D eigenvalue weighted by atomic mass is 35.5. The Morgan fingerprint density at radius 2 is 1.96 bits per heavy atom. The van der Waals surface area contributed by atoms with Crippen molar-refractivity contribution < 1.29 is 28.0 Å². The van der Waals surface area contributed by atoms with Crippen molar-refractivity contribution in [3.63, 3.8) is 0 Å². The summed E-state index contributed by atoms with van der Waals surface area (Å²) in [5, 5.41) is 16.2. The van der Waals surface area contributed by atoms with Gasteiger partial charge in [-0.15, -0.1) is 0 Å². The molecule has 1 aromatic carbocycles. The number of phenolic OH excluding ortho intramolecular Hbond substituents is 1. The molecule has 3 N–H and O–H groups in total. The van der Waals surface area contributed by atoms with Gasteiger partial charge in [0.05, 0.1) is 17.8 Å². The summed E-state index contributed by atoms with van der Waals surface area (Å²) in [6.07, 6.45) is 0.896. The quantitative estimate of drug-likeness (QED) is 0.312. The fourth-order valence-electron chi connectivity index (χ4n) is 3.06. The number of hydrogen-bond acceptors (Lipinski definition) is 9. The Labute approximate surface area is 171 Å². The number of hydrogen-bond donors (Lipinski definition) is 3. The molecule has 1 aliphatic carbocycles. The van der Waals surface area contributed by atoms with Crippen LogP contribution in [-0.2, 0) is 24.4 Å². The minimum atomic E-state index is -4.23. The molecule has 0 aromatic heterocycles. The number of carbonyl (C=O) groups is 2. The van der Waals surface area contributed by atoms with Crippen LogP contribution >= 0.6 is 23.4 Å². The zero-order valence-corrected chi connectivity index (χ0v) is 17.5. The number of thioether (sulfide) groups is 1. The lowest BCUT2D eigenvalue weighted by molar-refractivity contribution is -0.145. The molecule has 3 atom stereocenters. The van der Waals surface area contributed by atoms with E-state index in [9.17, 15) is 23.1 Å². The number of benzene rings is 1. The Bertz CT molecular complexity index is 904. The smallest absolute Gasteiger partial charge is 0.269 e. The highest BCUT2D eigenvalue weighted by Gasteiger charge is 2.50. The molecule has 0 bridgehead atoms. The van der Waals surface area contributed by atoms with Gasteiger partial charge in [0, 0.05) is 18.8 Å². The van der Waals surface area contributed by atoms with Gasteiger partial charge in [0.1, 0.15) is 17.0 Å². The summed E-state index contributed by atoms with van der Waals surface area (Å²) >= 11 is 7.74. The fraction of sp³-hybridized carbons (Fsp3) is 0.500. The summed E-state index contributed by atoms with van der Waals surface area (Å²) in [5.41, 5.74) is -0.0223. The molecule has 28 heavy (non-hydrogen) atoms. The van der Waals surface area contributed by atoms with Crippen LogP contribution in [0.4, 0.5) is 5.69 Å². The van der Waals surface area contributed by atoms with E-state index in [2.05, 4.69) is 10.6 Å². The minimum Gasteiger partial charge on any atom is -0.504 e. The molecule has 1 heterocycles. The van der Waals surface area contributed by atoms with Crippen molar-refractivity contribution in [2.24, 2.45) is 0 Å². The Morgan fingerprint density at radius 1 is 1.29 bits per heavy atom. The van der Waals surface area contributed by atoms with E-state index in [0.29, 0.717) is 4.47 Å². The number of Topliss-reactive ketones (excluding diaryl/α,β-unsaturated/α-hetero) is 2. The molecule has 0 radical (unpaired) electrons. The van der Waals surface area contributed by atoms with E-state index >= 15 is 0 Å². The summed E-state index contributed by atoms with van der Waals surface area (Å²) in [4.78, 5) is 28.2. The number of nitrogens with one attached hydrogen (secondary N) is 2. The maximum Gasteiger partial charge on any atom is 0.269 e. The zero-order chi connectivity index (χ0) is 20.6. The van der Waals surface area contributed by atoms with Gasteiger partial charge in [0.2, 0.25) is 11.6 Å².